The second-order valence-electron chi connectivity index (χ2n) is 3.89. The van der Waals surface area contributed by atoms with Crippen molar-refractivity contribution in [3.8, 4) is 11.5 Å². The highest BCUT2D eigenvalue weighted by Gasteiger charge is 2.10. The summed E-state index contributed by atoms with van der Waals surface area (Å²) in [6, 6.07) is 10.1. The van der Waals surface area contributed by atoms with Crippen LogP contribution < -0.4 is 4.74 Å². The van der Waals surface area contributed by atoms with Crippen LogP contribution in [0.4, 0.5) is 4.39 Å². The molecule has 0 amide bonds. The first kappa shape index (κ1) is 13.1. The Bertz CT molecular complexity index is 570. The lowest BCUT2D eigenvalue weighted by Crippen LogP contribution is -1.96. The van der Waals surface area contributed by atoms with Crippen LogP contribution in [0.25, 0.3) is 0 Å². The molecule has 2 nitrogen and oxygen atoms in total. The quantitative estimate of drug-likeness (QED) is 0.921. The number of halogens is 2. The average molecular weight is 311 g/mol. The van der Waals surface area contributed by atoms with Crippen molar-refractivity contribution in [2.24, 2.45) is 0 Å². The highest BCUT2D eigenvalue weighted by atomic mass is 79.9. The van der Waals surface area contributed by atoms with Crippen LogP contribution in [0.2, 0.25) is 0 Å². The van der Waals surface area contributed by atoms with Gasteiger partial charge < -0.3 is 9.84 Å². The van der Waals surface area contributed by atoms with E-state index >= 15 is 0 Å². The predicted octanol–water partition coefficient (Wildman–Crippen LogP) is 4.18. The Morgan fingerprint density at radius 3 is 2.72 bits per heavy atom. The van der Waals surface area contributed by atoms with Gasteiger partial charge in [0.25, 0.3) is 0 Å². The summed E-state index contributed by atoms with van der Waals surface area (Å²) in [6.07, 6.45) is 0. The lowest BCUT2D eigenvalue weighted by atomic mass is 10.2. The molecule has 0 heterocycles. The smallest absolute Gasteiger partial charge is 0.135 e. The van der Waals surface area contributed by atoms with Gasteiger partial charge in [-0.15, -0.1) is 0 Å². The first-order chi connectivity index (χ1) is 8.61. The Balaban J connectivity index is 2.40. The van der Waals surface area contributed by atoms with Gasteiger partial charge in [0.2, 0.25) is 0 Å². The van der Waals surface area contributed by atoms with E-state index < -0.39 is 12.4 Å². The van der Waals surface area contributed by atoms with Crippen molar-refractivity contribution >= 4 is 15.9 Å². The van der Waals surface area contributed by atoms with Crippen LogP contribution in [0.15, 0.2) is 40.9 Å². The average Bonchev–Trinajstić information content (AvgIpc) is 2.34. The van der Waals surface area contributed by atoms with Gasteiger partial charge in [-0.2, -0.15) is 0 Å². The normalized spacial score (nSPS) is 10.4. The monoisotopic (exact) mass is 310 g/mol. The molecule has 0 fully saturated rings. The SMILES string of the molecule is Cc1ccc(Br)cc1Oc1cccc(F)c1CO. The van der Waals surface area contributed by atoms with Crippen LogP contribution in [0.5, 0.6) is 11.5 Å². The fourth-order valence-electron chi connectivity index (χ4n) is 1.59. The zero-order valence-electron chi connectivity index (χ0n) is 9.78. The van der Waals surface area contributed by atoms with E-state index in [0.29, 0.717) is 11.5 Å². The first-order valence-electron chi connectivity index (χ1n) is 5.44. The van der Waals surface area contributed by atoms with E-state index in [1.807, 2.05) is 19.1 Å². The van der Waals surface area contributed by atoms with Gasteiger partial charge in [-0.05, 0) is 36.8 Å². The Morgan fingerprint density at radius 2 is 2.00 bits per heavy atom. The van der Waals surface area contributed by atoms with Gasteiger partial charge in [0.15, 0.2) is 0 Å². The van der Waals surface area contributed by atoms with Crippen molar-refractivity contribution in [3.05, 3.63) is 57.8 Å². The van der Waals surface area contributed by atoms with Gasteiger partial charge in [0.1, 0.15) is 17.3 Å². The third-order valence-corrected chi connectivity index (χ3v) is 3.10. The minimum atomic E-state index is -0.470. The molecule has 0 aliphatic heterocycles. The van der Waals surface area contributed by atoms with E-state index in [-0.39, 0.29) is 5.56 Å². The molecule has 4 heteroatoms. The van der Waals surface area contributed by atoms with Gasteiger partial charge >= 0.3 is 0 Å². The second-order valence-corrected chi connectivity index (χ2v) is 4.80. The number of hydrogen-bond acceptors (Lipinski definition) is 2. The Labute approximate surface area is 113 Å². The van der Waals surface area contributed by atoms with E-state index in [1.54, 1.807) is 18.2 Å². The molecule has 0 aliphatic carbocycles. The highest BCUT2D eigenvalue weighted by Crippen LogP contribution is 2.31. The largest absolute Gasteiger partial charge is 0.457 e. The molecule has 0 saturated carbocycles. The molecule has 2 aromatic carbocycles. The summed E-state index contributed by atoms with van der Waals surface area (Å²) in [6.45, 7) is 1.51. The zero-order chi connectivity index (χ0) is 13.1. The molecule has 0 atom stereocenters. The fourth-order valence-corrected chi connectivity index (χ4v) is 1.93. The zero-order valence-corrected chi connectivity index (χ0v) is 11.4. The summed E-state index contributed by atoms with van der Waals surface area (Å²) >= 11 is 3.36. The summed E-state index contributed by atoms with van der Waals surface area (Å²) in [5.41, 5.74) is 1.10. The van der Waals surface area contributed by atoms with Crippen molar-refractivity contribution in [1.82, 2.24) is 0 Å². The van der Waals surface area contributed by atoms with Gasteiger partial charge in [-0.1, -0.05) is 28.1 Å². The topological polar surface area (TPSA) is 29.5 Å². The van der Waals surface area contributed by atoms with E-state index in [4.69, 9.17) is 4.74 Å². The number of aryl methyl sites for hydroxylation is 1. The summed E-state index contributed by atoms with van der Waals surface area (Å²) < 4.78 is 20.0. The number of ether oxygens (including phenoxy) is 1. The predicted molar refractivity (Wildman–Crippen MR) is 71.3 cm³/mol. The van der Waals surface area contributed by atoms with Crippen LogP contribution >= 0.6 is 15.9 Å². The van der Waals surface area contributed by atoms with Crippen LogP contribution in [0.1, 0.15) is 11.1 Å². The summed E-state index contributed by atoms with van der Waals surface area (Å²) in [7, 11) is 0. The molecule has 94 valence electrons. The number of rotatable bonds is 3. The lowest BCUT2D eigenvalue weighted by molar-refractivity contribution is 0.270. The molecule has 18 heavy (non-hydrogen) atoms. The molecule has 0 saturated heterocycles. The number of benzene rings is 2. The van der Waals surface area contributed by atoms with Crippen LogP contribution in [-0.2, 0) is 6.61 Å². The standard InChI is InChI=1S/C14H12BrFO2/c1-9-5-6-10(15)7-14(9)18-13-4-2-3-12(16)11(13)8-17/h2-7,17H,8H2,1H3. The van der Waals surface area contributed by atoms with Crippen LogP contribution in [0.3, 0.4) is 0 Å². The fraction of sp³-hybridized carbons (Fsp3) is 0.143. The molecule has 0 bridgehead atoms. The Hall–Kier alpha value is -1.39. The third-order valence-electron chi connectivity index (χ3n) is 2.60. The van der Waals surface area contributed by atoms with Crippen molar-refractivity contribution in [2.75, 3.05) is 0 Å². The summed E-state index contributed by atoms with van der Waals surface area (Å²) in [4.78, 5) is 0. The Morgan fingerprint density at radius 1 is 1.22 bits per heavy atom. The second kappa shape index (κ2) is 5.50. The van der Waals surface area contributed by atoms with E-state index in [2.05, 4.69) is 15.9 Å². The maximum absolute atomic E-state index is 13.5. The van der Waals surface area contributed by atoms with Crippen molar-refractivity contribution in [2.45, 2.75) is 13.5 Å². The molecule has 0 spiro atoms. The van der Waals surface area contributed by atoms with E-state index in [1.165, 1.54) is 6.07 Å². The first-order valence-corrected chi connectivity index (χ1v) is 6.23. The molecular formula is C14H12BrFO2. The molecule has 2 rings (SSSR count). The molecule has 2 aromatic rings. The number of aliphatic hydroxyl groups excluding tert-OH is 1. The molecule has 0 radical (unpaired) electrons. The number of aliphatic hydroxyl groups is 1. The van der Waals surface area contributed by atoms with Gasteiger partial charge in [-0.3, -0.25) is 0 Å². The molecular weight excluding hydrogens is 299 g/mol. The molecule has 1 N–H and O–H groups in total. The lowest BCUT2D eigenvalue weighted by Gasteiger charge is -2.12. The maximum atomic E-state index is 13.5. The van der Waals surface area contributed by atoms with Crippen LogP contribution in [-0.4, -0.2) is 5.11 Å². The van der Waals surface area contributed by atoms with Crippen molar-refractivity contribution in [3.63, 3.8) is 0 Å². The molecule has 0 aromatic heterocycles. The summed E-state index contributed by atoms with van der Waals surface area (Å²) in [5.74, 6) is 0.492. The minimum absolute atomic E-state index is 0.164. The van der Waals surface area contributed by atoms with Gasteiger partial charge in [0, 0.05) is 4.47 Å². The van der Waals surface area contributed by atoms with E-state index in [0.717, 1.165) is 10.0 Å². The molecule has 0 aliphatic rings. The van der Waals surface area contributed by atoms with Crippen molar-refractivity contribution < 1.29 is 14.2 Å². The third kappa shape index (κ3) is 2.71. The van der Waals surface area contributed by atoms with Gasteiger partial charge in [0.05, 0.1) is 12.2 Å². The minimum Gasteiger partial charge on any atom is -0.457 e. The molecule has 0 unspecified atom stereocenters. The number of hydrogen-bond donors (Lipinski definition) is 1. The van der Waals surface area contributed by atoms with Gasteiger partial charge in [-0.25, -0.2) is 4.39 Å². The van der Waals surface area contributed by atoms with E-state index in [9.17, 15) is 9.50 Å². The summed E-state index contributed by atoms with van der Waals surface area (Å²) in [5, 5.41) is 9.17. The maximum Gasteiger partial charge on any atom is 0.135 e. The van der Waals surface area contributed by atoms with Crippen LogP contribution in [0, 0.1) is 12.7 Å². The van der Waals surface area contributed by atoms with Crippen molar-refractivity contribution in [1.29, 1.82) is 0 Å². The highest BCUT2D eigenvalue weighted by molar-refractivity contribution is 9.10. The Kier molecular flexibility index (Phi) is 3.99.